The van der Waals surface area contributed by atoms with E-state index in [-0.39, 0.29) is 18.3 Å². The van der Waals surface area contributed by atoms with Crippen molar-refractivity contribution in [3.05, 3.63) is 12.7 Å². The van der Waals surface area contributed by atoms with Crippen LogP contribution in [-0.4, -0.2) is 32.1 Å². The molecular weight excluding hydrogens is 220 g/mol. The summed E-state index contributed by atoms with van der Waals surface area (Å²) in [4.78, 5) is 11.0. The fourth-order valence-corrected chi connectivity index (χ4v) is 1.61. The summed E-state index contributed by atoms with van der Waals surface area (Å²) in [7, 11) is 0. The molecule has 0 radical (unpaired) electrons. The molecule has 1 fully saturated rings. The maximum atomic E-state index is 11.0. The standard InChI is InChI=1S/C13H22O4/c1-5-10-7-15-12(16-8-10)13(3,4)9-17-11(14)6-2/h6,10,12H,2,5,7-9H2,1,3-4H3. The Morgan fingerprint density at radius 2 is 2.06 bits per heavy atom. The highest BCUT2D eigenvalue weighted by Gasteiger charge is 2.36. The molecule has 1 aliphatic rings. The predicted molar refractivity (Wildman–Crippen MR) is 64.4 cm³/mol. The number of rotatable bonds is 5. The van der Waals surface area contributed by atoms with Crippen LogP contribution < -0.4 is 0 Å². The maximum absolute atomic E-state index is 11.0. The van der Waals surface area contributed by atoms with Gasteiger partial charge in [-0.3, -0.25) is 0 Å². The van der Waals surface area contributed by atoms with Crippen LogP contribution in [0, 0.1) is 11.3 Å². The van der Waals surface area contributed by atoms with Crippen molar-refractivity contribution in [2.75, 3.05) is 19.8 Å². The third-order valence-corrected chi connectivity index (χ3v) is 2.94. The smallest absolute Gasteiger partial charge is 0.330 e. The molecule has 1 heterocycles. The van der Waals surface area contributed by atoms with E-state index in [2.05, 4.69) is 13.5 Å². The van der Waals surface area contributed by atoms with E-state index in [1.54, 1.807) is 0 Å². The Morgan fingerprint density at radius 1 is 1.47 bits per heavy atom. The van der Waals surface area contributed by atoms with Crippen molar-refractivity contribution in [3.8, 4) is 0 Å². The largest absolute Gasteiger partial charge is 0.462 e. The first-order valence-electron chi connectivity index (χ1n) is 6.02. The fraction of sp³-hybridized carbons (Fsp3) is 0.769. The third-order valence-electron chi connectivity index (χ3n) is 2.94. The van der Waals surface area contributed by atoms with Gasteiger partial charge in [0.25, 0.3) is 0 Å². The number of hydrogen-bond donors (Lipinski definition) is 0. The van der Waals surface area contributed by atoms with Gasteiger partial charge in [-0.05, 0) is 6.42 Å². The summed E-state index contributed by atoms with van der Waals surface area (Å²) < 4.78 is 16.4. The topological polar surface area (TPSA) is 44.8 Å². The lowest BCUT2D eigenvalue weighted by atomic mass is 9.93. The summed E-state index contributed by atoms with van der Waals surface area (Å²) in [6, 6.07) is 0. The van der Waals surface area contributed by atoms with Gasteiger partial charge in [0.1, 0.15) is 6.61 Å². The maximum Gasteiger partial charge on any atom is 0.330 e. The van der Waals surface area contributed by atoms with Gasteiger partial charge in [0, 0.05) is 17.4 Å². The highest BCUT2D eigenvalue weighted by molar-refractivity contribution is 5.81. The van der Waals surface area contributed by atoms with Gasteiger partial charge >= 0.3 is 5.97 Å². The highest BCUT2D eigenvalue weighted by Crippen LogP contribution is 2.29. The Kier molecular flexibility index (Phi) is 5.15. The van der Waals surface area contributed by atoms with Crippen molar-refractivity contribution in [3.63, 3.8) is 0 Å². The average Bonchev–Trinajstić information content (AvgIpc) is 2.36. The zero-order valence-corrected chi connectivity index (χ0v) is 10.9. The molecule has 0 aromatic heterocycles. The van der Waals surface area contributed by atoms with Crippen LogP contribution in [0.4, 0.5) is 0 Å². The van der Waals surface area contributed by atoms with Crippen LogP contribution in [0.25, 0.3) is 0 Å². The van der Waals surface area contributed by atoms with Gasteiger partial charge in [0.2, 0.25) is 0 Å². The molecule has 4 heteroatoms. The van der Waals surface area contributed by atoms with Crippen LogP contribution in [0.2, 0.25) is 0 Å². The van der Waals surface area contributed by atoms with Gasteiger partial charge in [0.05, 0.1) is 13.2 Å². The lowest BCUT2D eigenvalue weighted by molar-refractivity contribution is -0.253. The molecule has 0 N–H and O–H groups in total. The normalized spacial score (nSPS) is 25.4. The monoisotopic (exact) mass is 242 g/mol. The summed E-state index contributed by atoms with van der Waals surface area (Å²) in [5.74, 6) is 0.0538. The van der Waals surface area contributed by atoms with Gasteiger partial charge in [0.15, 0.2) is 6.29 Å². The molecule has 0 aromatic carbocycles. The minimum absolute atomic E-state index is 0.263. The summed E-state index contributed by atoms with van der Waals surface area (Å²) in [5.41, 5.74) is -0.350. The molecule has 0 aromatic rings. The fourth-order valence-electron chi connectivity index (χ4n) is 1.61. The Balaban J connectivity index is 2.42. The van der Waals surface area contributed by atoms with E-state index in [0.717, 1.165) is 12.5 Å². The van der Waals surface area contributed by atoms with Crippen LogP contribution in [0.5, 0.6) is 0 Å². The summed E-state index contributed by atoms with van der Waals surface area (Å²) in [5, 5.41) is 0. The second-order valence-electron chi connectivity index (χ2n) is 5.07. The van der Waals surface area contributed by atoms with Crippen molar-refractivity contribution in [1.29, 1.82) is 0 Å². The first-order valence-corrected chi connectivity index (χ1v) is 6.02. The number of hydrogen-bond acceptors (Lipinski definition) is 4. The van der Waals surface area contributed by atoms with E-state index >= 15 is 0 Å². The van der Waals surface area contributed by atoms with Crippen LogP contribution in [-0.2, 0) is 19.0 Å². The van der Waals surface area contributed by atoms with E-state index in [4.69, 9.17) is 14.2 Å². The molecule has 4 nitrogen and oxygen atoms in total. The summed E-state index contributed by atoms with van der Waals surface area (Å²) >= 11 is 0. The van der Waals surface area contributed by atoms with Gasteiger partial charge in [-0.15, -0.1) is 0 Å². The number of esters is 1. The zero-order valence-electron chi connectivity index (χ0n) is 10.9. The number of carbonyl (C=O) groups is 1. The van der Waals surface area contributed by atoms with Crippen LogP contribution in [0.1, 0.15) is 27.2 Å². The molecule has 0 unspecified atom stereocenters. The first-order chi connectivity index (χ1) is 7.99. The minimum atomic E-state index is -0.416. The highest BCUT2D eigenvalue weighted by atomic mass is 16.7. The molecule has 1 aliphatic heterocycles. The average molecular weight is 242 g/mol. The van der Waals surface area contributed by atoms with Gasteiger partial charge < -0.3 is 14.2 Å². The second-order valence-corrected chi connectivity index (χ2v) is 5.07. The Hall–Kier alpha value is -0.870. The van der Waals surface area contributed by atoms with Crippen LogP contribution >= 0.6 is 0 Å². The predicted octanol–water partition coefficient (Wildman–Crippen LogP) is 2.14. The lowest BCUT2D eigenvalue weighted by Crippen LogP contribution is -2.44. The summed E-state index contributed by atoms with van der Waals surface area (Å²) in [6.45, 7) is 11.1. The molecule has 1 rings (SSSR count). The van der Waals surface area contributed by atoms with Crippen molar-refractivity contribution >= 4 is 5.97 Å². The quantitative estimate of drug-likeness (QED) is 0.547. The number of carbonyl (C=O) groups excluding carboxylic acids is 1. The number of ether oxygens (including phenoxy) is 3. The van der Waals surface area contributed by atoms with Crippen molar-refractivity contribution in [1.82, 2.24) is 0 Å². The molecule has 0 saturated carbocycles. The molecule has 0 bridgehead atoms. The Bertz CT molecular complexity index is 265. The van der Waals surface area contributed by atoms with E-state index in [1.165, 1.54) is 0 Å². The SMILES string of the molecule is C=CC(=O)OCC(C)(C)C1OCC(CC)CO1. The third kappa shape index (κ3) is 4.13. The van der Waals surface area contributed by atoms with Gasteiger partial charge in [-0.25, -0.2) is 4.79 Å². The van der Waals surface area contributed by atoms with Crippen LogP contribution in [0.3, 0.4) is 0 Å². The zero-order chi connectivity index (χ0) is 12.9. The van der Waals surface area contributed by atoms with E-state index < -0.39 is 5.97 Å². The van der Waals surface area contributed by atoms with E-state index in [0.29, 0.717) is 19.1 Å². The van der Waals surface area contributed by atoms with Gasteiger partial charge in [-0.1, -0.05) is 27.4 Å². The molecule has 1 saturated heterocycles. The van der Waals surface area contributed by atoms with Crippen LogP contribution in [0.15, 0.2) is 12.7 Å². The second kappa shape index (κ2) is 6.17. The van der Waals surface area contributed by atoms with Crippen molar-refractivity contribution < 1.29 is 19.0 Å². The van der Waals surface area contributed by atoms with Crippen molar-refractivity contribution in [2.24, 2.45) is 11.3 Å². The Labute approximate surface area is 103 Å². The first kappa shape index (κ1) is 14.2. The van der Waals surface area contributed by atoms with Gasteiger partial charge in [-0.2, -0.15) is 0 Å². The Morgan fingerprint density at radius 3 is 2.53 bits per heavy atom. The molecule has 0 atom stereocenters. The molecule has 0 amide bonds. The molecule has 17 heavy (non-hydrogen) atoms. The van der Waals surface area contributed by atoms with E-state index in [1.807, 2.05) is 13.8 Å². The van der Waals surface area contributed by atoms with Crippen molar-refractivity contribution in [2.45, 2.75) is 33.5 Å². The minimum Gasteiger partial charge on any atom is -0.462 e. The lowest BCUT2D eigenvalue weighted by Gasteiger charge is -2.38. The molecule has 0 aliphatic carbocycles. The molecular formula is C13H22O4. The molecule has 0 spiro atoms. The summed E-state index contributed by atoms with van der Waals surface area (Å²) in [6.07, 6.45) is 1.90. The van der Waals surface area contributed by atoms with E-state index in [9.17, 15) is 4.79 Å². The molecule has 98 valence electrons.